The first-order chi connectivity index (χ1) is 16.2. The van der Waals surface area contributed by atoms with Gasteiger partial charge >= 0.3 is 0 Å². The Morgan fingerprint density at radius 1 is 1.12 bits per heavy atom. The fourth-order valence-corrected chi connectivity index (χ4v) is 3.51. The third kappa shape index (κ3) is 5.20. The molecule has 4 rings (SSSR count). The van der Waals surface area contributed by atoms with E-state index >= 15 is 0 Å². The molecule has 0 aliphatic carbocycles. The lowest BCUT2D eigenvalue weighted by atomic mass is 10.0. The lowest BCUT2D eigenvalue weighted by Crippen LogP contribution is -2.14. The van der Waals surface area contributed by atoms with Gasteiger partial charge in [-0.2, -0.15) is 10.4 Å². The molecule has 0 fully saturated rings. The van der Waals surface area contributed by atoms with Crippen molar-refractivity contribution in [3.05, 3.63) is 90.1 Å². The number of carbonyl (C=O) groups excluding carboxylic acids is 1. The zero-order valence-electron chi connectivity index (χ0n) is 18.1. The van der Waals surface area contributed by atoms with Crippen LogP contribution in [0.4, 0.5) is 5.82 Å². The molecule has 0 radical (unpaired) electrons. The number of fused-ring (bicyclic) bond motifs is 1. The molecule has 0 unspecified atom stereocenters. The Balaban J connectivity index is 1.45. The van der Waals surface area contributed by atoms with Gasteiger partial charge < -0.3 is 14.8 Å². The van der Waals surface area contributed by atoms with E-state index in [2.05, 4.69) is 34.7 Å². The summed E-state index contributed by atoms with van der Waals surface area (Å²) in [6, 6.07) is 23.3. The van der Waals surface area contributed by atoms with Gasteiger partial charge in [-0.1, -0.05) is 48.5 Å². The van der Waals surface area contributed by atoms with Crippen LogP contribution in [-0.2, 0) is 11.3 Å². The molecule has 0 saturated carbocycles. The number of nitrogens with one attached hydrogen (secondary N) is 1. The lowest BCUT2D eigenvalue weighted by molar-refractivity contribution is -0.111. The van der Waals surface area contributed by atoms with E-state index in [9.17, 15) is 4.79 Å². The van der Waals surface area contributed by atoms with Gasteiger partial charge in [0.2, 0.25) is 5.91 Å². The fourth-order valence-electron chi connectivity index (χ4n) is 3.51. The number of benzene rings is 3. The van der Waals surface area contributed by atoms with Gasteiger partial charge in [0.25, 0.3) is 0 Å². The molecule has 1 N–H and O–H groups in total. The van der Waals surface area contributed by atoms with Crippen molar-refractivity contribution in [3.8, 4) is 17.6 Å². The van der Waals surface area contributed by atoms with E-state index in [4.69, 9.17) is 14.7 Å². The highest BCUT2D eigenvalue weighted by Crippen LogP contribution is 2.28. The molecule has 1 heterocycles. The summed E-state index contributed by atoms with van der Waals surface area (Å²) in [4.78, 5) is 12.5. The second-order valence-electron chi connectivity index (χ2n) is 7.19. The summed E-state index contributed by atoms with van der Waals surface area (Å²) in [7, 11) is 1.52. The number of aromatic nitrogens is 2. The predicted octanol–water partition coefficient (Wildman–Crippen LogP) is 4.65. The van der Waals surface area contributed by atoms with Gasteiger partial charge in [-0.15, -0.1) is 0 Å². The van der Waals surface area contributed by atoms with Crippen molar-refractivity contribution in [2.24, 2.45) is 0 Å². The molecule has 33 heavy (non-hydrogen) atoms. The number of hydrogen-bond acceptors (Lipinski definition) is 5. The van der Waals surface area contributed by atoms with E-state index in [1.165, 1.54) is 13.2 Å². The van der Waals surface area contributed by atoms with Crippen molar-refractivity contribution in [1.82, 2.24) is 9.78 Å². The van der Waals surface area contributed by atoms with Gasteiger partial charge in [-0.3, -0.25) is 4.79 Å². The molecule has 1 amide bonds. The van der Waals surface area contributed by atoms with Crippen molar-refractivity contribution >= 4 is 28.6 Å². The molecule has 0 saturated heterocycles. The maximum absolute atomic E-state index is 12.5. The molecule has 7 nitrogen and oxygen atoms in total. The molecule has 0 spiro atoms. The number of ether oxygens (including phenoxy) is 2. The molecule has 3 aromatic carbocycles. The highest BCUT2D eigenvalue weighted by molar-refractivity contribution is 6.01. The number of anilines is 1. The van der Waals surface area contributed by atoms with Gasteiger partial charge in [0.15, 0.2) is 18.1 Å². The van der Waals surface area contributed by atoms with Crippen molar-refractivity contribution in [3.63, 3.8) is 0 Å². The van der Waals surface area contributed by atoms with Crippen molar-refractivity contribution in [2.75, 3.05) is 19.0 Å². The van der Waals surface area contributed by atoms with E-state index in [0.29, 0.717) is 23.9 Å². The van der Waals surface area contributed by atoms with Gasteiger partial charge in [0, 0.05) is 12.1 Å². The minimum Gasteiger partial charge on any atom is -0.493 e. The minimum atomic E-state index is -0.279. The first-order valence-electron chi connectivity index (χ1n) is 10.3. The number of carbonyl (C=O) groups is 1. The Kier molecular flexibility index (Phi) is 6.67. The van der Waals surface area contributed by atoms with Gasteiger partial charge in [0.1, 0.15) is 11.9 Å². The molecule has 0 aliphatic rings. The SMILES string of the molecule is COc1cc(/C=C/C(=O)Nc2ccnn2Cc2cccc3ccccc23)ccc1OCC#N. The number of hydrogen-bond donors (Lipinski definition) is 1. The third-order valence-electron chi connectivity index (χ3n) is 5.07. The monoisotopic (exact) mass is 438 g/mol. The van der Waals surface area contributed by atoms with E-state index < -0.39 is 0 Å². The molecule has 1 aromatic heterocycles. The summed E-state index contributed by atoms with van der Waals surface area (Å²) in [5.74, 6) is 1.29. The summed E-state index contributed by atoms with van der Waals surface area (Å²) >= 11 is 0. The van der Waals surface area contributed by atoms with Crippen LogP contribution in [0.3, 0.4) is 0 Å². The molecule has 0 atom stereocenters. The van der Waals surface area contributed by atoms with Crippen LogP contribution in [0, 0.1) is 11.3 Å². The standard InChI is InChI=1S/C26H22N4O3/c1-32-24-17-19(9-11-23(24)33-16-14-27)10-12-26(31)29-25-13-15-28-30(25)18-21-7-4-6-20-5-2-3-8-22(20)21/h2-13,15,17H,16,18H2,1H3,(H,29,31)/b12-10+. The topological polar surface area (TPSA) is 89.2 Å². The number of amides is 1. The predicted molar refractivity (Wildman–Crippen MR) is 127 cm³/mol. The summed E-state index contributed by atoms with van der Waals surface area (Å²) in [5.41, 5.74) is 1.88. The van der Waals surface area contributed by atoms with E-state index in [1.807, 2.05) is 24.3 Å². The minimum absolute atomic E-state index is 0.0690. The highest BCUT2D eigenvalue weighted by Gasteiger charge is 2.09. The zero-order chi connectivity index (χ0) is 23.0. The Morgan fingerprint density at radius 3 is 2.82 bits per heavy atom. The molecule has 0 bridgehead atoms. The zero-order valence-corrected chi connectivity index (χ0v) is 18.1. The number of rotatable bonds is 8. The van der Waals surface area contributed by atoms with Crippen molar-refractivity contribution in [1.29, 1.82) is 5.26 Å². The van der Waals surface area contributed by atoms with Crippen LogP contribution in [0.1, 0.15) is 11.1 Å². The van der Waals surface area contributed by atoms with Crippen LogP contribution in [0.15, 0.2) is 79.0 Å². The summed E-state index contributed by atoms with van der Waals surface area (Å²) < 4.78 is 12.4. The Bertz CT molecular complexity index is 1350. The van der Waals surface area contributed by atoms with Gasteiger partial charge in [-0.25, -0.2) is 4.68 Å². The average molecular weight is 438 g/mol. The Morgan fingerprint density at radius 2 is 1.97 bits per heavy atom. The lowest BCUT2D eigenvalue weighted by Gasteiger charge is -2.10. The number of methoxy groups -OCH3 is 1. The van der Waals surface area contributed by atoms with E-state index in [1.54, 1.807) is 41.2 Å². The molecule has 7 heteroatoms. The maximum Gasteiger partial charge on any atom is 0.249 e. The molecular formula is C26H22N4O3. The van der Waals surface area contributed by atoms with Crippen LogP contribution in [0.5, 0.6) is 11.5 Å². The first-order valence-corrected chi connectivity index (χ1v) is 10.3. The fraction of sp³-hybridized carbons (Fsp3) is 0.115. The average Bonchev–Trinajstić information content (AvgIpc) is 3.28. The molecule has 0 aliphatic heterocycles. The Labute approximate surface area is 191 Å². The quantitative estimate of drug-likeness (QED) is 0.405. The second kappa shape index (κ2) is 10.2. The molecule has 4 aromatic rings. The molecule has 164 valence electrons. The number of nitriles is 1. The van der Waals surface area contributed by atoms with E-state index in [0.717, 1.165) is 21.9 Å². The normalized spacial score (nSPS) is 10.8. The highest BCUT2D eigenvalue weighted by atomic mass is 16.5. The van der Waals surface area contributed by atoms with E-state index in [-0.39, 0.29) is 12.5 Å². The Hall–Kier alpha value is -4.57. The third-order valence-corrected chi connectivity index (χ3v) is 5.07. The van der Waals surface area contributed by atoms with Crippen LogP contribution in [0.2, 0.25) is 0 Å². The van der Waals surface area contributed by atoms with Crippen molar-refractivity contribution in [2.45, 2.75) is 6.54 Å². The van der Waals surface area contributed by atoms with Crippen LogP contribution in [0.25, 0.3) is 16.8 Å². The van der Waals surface area contributed by atoms with Crippen LogP contribution < -0.4 is 14.8 Å². The van der Waals surface area contributed by atoms with Gasteiger partial charge in [0.05, 0.1) is 19.9 Å². The summed E-state index contributed by atoms with van der Waals surface area (Å²) in [6.07, 6.45) is 4.78. The van der Waals surface area contributed by atoms with Crippen molar-refractivity contribution < 1.29 is 14.3 Å². The first kappa shape index (κ1) is 21.7. The molecular weight excluding hydrogens is 416 g/mol. The summed E-state index contributed by atoms with van der Waals surface area (Å²) in [6.45, 7) is 0.468. The number of nitrogens with zero attached hydrogens (tertiary/aromatic N) is 3. The largest absolute Gasteiger partial charge is 0.493 e. The summed E-state index contributed by atoms with van der Waals surface area (Å²) in [5, 5.41) is 18.2. The van der Waals surface area contributed by atoms with Gasteiger partial charge in [-0.05, 0) is 40.1 Å². The van der Waals surface area contributed by atoms with Crippen LogP contribution in [-0.4, -0.2) is 29.4 Å². The van der Waals surface area contributed by atoms with Crippen LogP contribution >= 0.6 is 0 Å². The second-order valence-corrected chi connectivity index (χ2v) is 7.19. The smallest absolute Gasteiger partial charge is 0.249 e. The maximum atomic E-state index is 12.5.